The van der Waals surface area contributed by atoms with Crippen LogP contribution in [-0.4, -0.2) is 79.2 Å². The molecule has 4 aliphatic carbocycles. The third-order valence-corrected chi connectivity index (χ3v) is 12.3. The molecule has 48 heavy (non-hydrogen) atoms. The Morgan fingerprint density at radius 3 is 2.46 bits per heavy atom. The lowest BCUT2D eigenvalue weighted by atomic mass is 9.44. The standard InChI is InChI=1S/C38H43F2NO7/c1-35-13-12-24(43)16-27(35)28(39)17-26-25-18-33-38(32(45)20-42,36(25,2)19-31(44)37(26,35)40)48-34(47-33)23-9-6-21(7-10-23)14-22-8-11-29(41(3)4)30(15-22)46-5/h6-13,15-16,25-26,28,31,33-34,42,44H,14,17-20H2,1-5H3/t25-,26-,28-,31-,33+,34+,35-,36-,37-,38+/m0/s1. The Hall–Kier alpha value is -3.44. The van der Waals surface area contributed by atoms with Crippen LogP contribution in [0.4, 0.5) is 14.5 Å². The molecule has 0 radical (unpaired) electrons. The van der Waals surface area contributed by atoms with Crippen LogP contribution in [0.25, 0.3) is 0 Å². The number of benzene rings is 2. The molecule has 0 spiro atoms. The van der Waals surface area contributed by atoms with E-state index in [4.69, 9.17) is 14.2 Å². The fraction of sp³-hybridized carbons (Fsp3) is 0.526. The average Bonchev–Trinajstić information content (AvgIpc) is 3.56. The van der Waals surface area contributed by atoms with E-state index in [0.29, 0.717) is 12.0 Å². The molecule has 0 unspecified atom stereocenters. The molecule has 1 heterocycles. The number of halogens is 2. The van der Waals surface area contributed by atoms with Crippen LogP contribution in [0, 0.1) is 22.7 Å². The summed E-state index contributed by atoms with van der Waals surface area (Å²) in [5.41, 5.74) is -2.87. The molecular weight excluding hydrogens is 620 g/mol. The van der Waals surface area contributed by atoms with E-state index in [1.54, 1.807) is 21.0 Å². The Labute approximate surface area is 279 Å². The molecule has 5 aliphatic rings. The summed E-state index contributed by atoms with van der Waals surface area (Å²) in [5, 5.41) is 21.9. The van der Waals surface area contributed by atoms with Crippen LogP contribution in [0.1, 0.15) is 56.1 Å². The Bertz CT molecular complexity index is 1710. The number of nitrogens with zero attached hydrogens (tertiary/aromatic N) is 1. The largest absolute Gasteiger partial charge is 0.495 e. The number of rotatable bonds is 7. The molecule has 8 nitrogen and oxygen atoms in total. The maximum atomic E-state index is 17.6. The third-order valence-electron chi connectivity index (χ3n) is 12.3. The van der Waals surface area contributed by atoms with Gasteiger partial charge in [-0.15, -0.1) is 0 Å². The van der Waals surface area contributed by atoms with Gasteiger partial charge in [0.25, 0.3) is 0 Å². The number of ether oxygens (including phenoxy) is 3. The van der Waals surface area contributed by atoms with Crippen LogP contribution in [0.5, 0.6) is 5.75 Å². The maximum Gasteiger partial charge on any atom is 0.193 e. The molecule has 0 amide bonds. The van der Waals surface area contributed by atoms with Crippen molar-refractivity contribution < 1.29 is 42.8 Å². The number of carbonyl (C=O) groups is 2. The SMILES string of the molecule is COc1cc(Cc2ccc([C@@H]3O[C@@H]4C[C@H]5[C@@H]6C[C@H](F)C7=CC(=O)C=C[C@]7(C)[C@@]6(F)[C@@H](O)C[C@]5(C)[C@]4(C(=O)CO)O3)cc2)ccc1N(C)C. The number of aliphatic hydroxyl groups excluding tert-OH is 2. The Morgan fingerprint density at radius 2 is 1.79 bits per heavy atom. The van der Waals surface area contributed by atoms with Crippen molar-refractivity contribution >= 4 is 17.3 Å². The summed E-state index contributed by atoms with van der Waals surface area (Å²) in [5.74, 6) is -1.83. The highest BCUT2D eigenvalue weighted by Gasteiger charge is 2.80. The molecule has 3 saturated carbocycles. The van der Waals surface area contributed by atoms with Crippen molar-refractivity contribution in [2.45, 2.75) is 75.5 Å². The van der Waals surface area contributed by atoms with Gasteiger partial charge >= 0.3 is 0 Å². The molecule has 0 bridgehead atoms. The topological polar surface area (TPSA) is 106 Å². The van der Waals surface area contributed by atoms with Gasteiger partial charge in [0.2, 0.25) is 0 Å². The first-order valence-electron chi connectivity index (χ1n) is 16.6. The predicted molar refractivity (Wildman–Crippen MR) is 174 cm³/mol. The summed E-state index contributed by atoms with van der Waals surface area (Å²) in [6.07, 6.45) is -0.772. The lowest BCUT2D eigenvalue weighted by Crippen LogP contribution is -2.70. The van der Waals surface area contributed by atoms with Crippen molar-refractivity contribution in [1.82, 2.24) is 0 Å². The molecule has 2 N–H and O–H groups in total. The van der Waals surface area contributed by atoms with Crippen LogP contribution in [-0.2, 0) is 25.5 Å². The van der Waals surface area contributed by atoms with Gasteiger partial charge in [0, 0.05) is 36.4 Å². The highest BCUT2D eigenvalue weighted by atomic mass is 19.1. The minimum atomic E-state index is -2.29. The number of Topliss-reactive ketones (excluding diaryl/α,β-unsaturated/α-hetero) is 1. The second-order valence-corrected chi connectivity index (χ2v) is 14.8. The zero-order valence-electron chi connectivity index (χ0n) is 27.9. The molecule has 4 fully saturated rings. The van der Waals surface area contributed by atoms with E-state index in [-0.39, 0.29) is 24.8 Å². The fourth-order valence-electron chi connectivity index (χ4n) is 9.94. The smallest absolute Gasteiger partial charge is 0.193 e. The molecule has 0 aromatic heterocycles. The number of anilines is 1. The number of alkyl halides is 2. The molecule has 10 heteroatoms. The average molecular weight is 664 g/mol. The summed E-state index contributed by atoms with van der Waals surface area (Å²) < 4.78 is 52.1. The number of fused-ring (bicyclic) bond motifs is 7. The Morgan fingerprint density at radius 1 is 1.08 bits per heavy atom. The van der Waals surface area contributed by atoms with E-state index in [0.717, 1.165) is 28.6 Å². The zero-order chi connectivity index (χ0) is 34.4. The molecule has 2 aromatic carbocycles. The van der Waals surface area contributed by atoms with E-state index in [1.807, 2.05) is 55.4 Å². The van der Waals surface area contributed by atoms with Crippen LogP contribution < -0.4 is 9.64 Å². The summed E-state index contributed by atoms with van der Waals surface area (Å²) in [6.45, 7) is 2.49. The zero-order valence-corrected chi connectivity index (χ0v) is 27.9. The molecule has 2 aromatic rings. The summed E-state index contributed by atoms with van der Waals surface area (Å²) >= 11 is 0. The second-order valence-electron chi connectivity index (χ2n) is 14.8. The fourth-order valence-corrected chi connectivity index (χ4v) is 9.94. The number of allylic oxidation sites excluding steroid dienone is 4. The first kappa shape index (κ1) is 33.1. The number of hydrogen-bond donors (Lipinski definition) is 2. The summed E-state index contributed by atoms with van der Waals surface area (Å²) in [4.78, 5) is 27.9. The normalized spacial score (nSPS) is 39.6. The first-order valence-corrected chi connectivity index (χ1v) is 16.6. The highest BCUT2D eigenvalue weighted by Crippen LogP contribution is 2.72. The van der Waals surface area contributed by atoms with Crippen LogP contribution in [0.15, 0.2) is 66.3 Å². The molecule has 10 atom stereocenters. The minimum Gasteiger partial charge on any atom is -0.495 e. The summed E-state index contributed by atoms with van der Waals surface area (Å²) in [7, 11) is 5.57. The molecular formula is C38H43F2NO7. The Kier molecular flexibility index (Phi) is 7.79. The number of ketones is 2. The van der Waals surface area contributed by atoms with Crippen molar-refractivity contribution in [2.24, 2.45) is 22.7 Å². The van der Waals surface area contributed by atoms with E-state index in [9.17, 15) is 19.8 Å². The van der Waals surface area contributed by atoms with Crippen molar-refractivity contribution in [3.05, 3.63) is 83.0 Å². The number of hydrogen-bond acceptors (Lipinski definition) is 8. The van der Waals surface area contributed by atoms with E-state index in [1.165, 1.54) is 12.2 Å². The third kappa shape index (κ3) is 4.38. The molecule has 7 rings (SSSR count). The number of aliphatic hydroxyl groups is 2. The summed E-state index contributed by atoms with van der Waals surface area (Å²) in [6, 6.07) is 13.8. The van der Waals surface area contributed by atoms with Crippen LogP contribution in [0.2, 0.25) is 0 Å². The van der Waals surface area contributed by atoms with Gasteiger partial charge in [0.15, 0.2) is 29.1 Å². The van der Waals surface area contributed by atoms with E-state index in [2.05, 4.69) is 6.07 Å². The van der Waals surface area contributed by atoms with Crippen LogP contribution >= 0.6 is 0 Å². The van der Waals surface area contributed by atoms with Gasteiger partial charge in [-0.05, 0) is 79.5 Å². The lowest BCUT2D eigenvalue weighted by molar-refractivity contribution is -0.235. The van der Waals surface area contributed by atoms with Gasteiger partial charge in [-0.2, -0.15) is 0 Å². The van der Waals surface area contributed by atoms with E-state index < -0.39 is 76.8 Å². The van der Waals surface area contributed by atoms with Gasteiger partial charge in [-0.25, -0.2) is 8.78 Å². The number of methoxy groups -OCH3 is 1. The van der Waals surface area contributed by atoms with Gasteiger partial charge in [0.05, 0.1) is 25.0 Å². The first-order chi connectivity index (χ1) is 22.7. The van der Waals surface area contributed by atoms with E-state index >= 15 is 8.78 Å². The van der Waals surface area contributed by atoms with Crippen LogP contribution in [0.3, 0.4) is 0 Å². The molecule has 1 saturated heterocycles. The van der Waals surface area contributed by atoms with Gasteiger partial charge in [0.1, 0.15) is 18.5 Å². The second kappa shape index (κ2) is 11.3. The molecule has 256 valence electrons. The number of carbonyl (C=O) groups excluding carboxylic acids is 2. The van der Waals surface area contributed by atoms with Crippen molar-refractivity contribution in [3.8, 4) is 5.75 Å². The van der Waals surface area contributed by atoms with Crippen molar-refractivity contribution in [2.75, 3.05) is 32.7 Å². The lowest BCUT2D eigenvalue weighted by Gasteiger charge is -2.63. The molecule has 1 aliphatic heterocycles. The Balaban J connectivity index is 1.17. The maximum absolute atomic E-state index is 17.6. The van der Waals surface area contributed by atoms with Gasteiger partial charge in [-0.1, -0.05) is 43.3 Å². The van der Waals surface area contributed by atoms with Crippen molar-refractivity contribution in [1.29, 1.82) is 0 Å². The predicted octanol–water partition coefficient (Wildman–Crippen LogP) is 4.99. The highest BCUT2D eigenvalue weighted by molar-refractivity contribution is 6.01. The minimum absolute atomic E-state index is 0.0384. The van der Waals surface area contributed by atoms with Gasteiger partial charge in [-0.3, -0.25) is 9.59 Å². The van der Waals surface area contributed by atoms with Gasteiger partial charge < -0.3 is 29.3 Å². The van der Waals surface area contributed by atoms with Crippen molar-refractivity contribution in [3.63, 3.8) is 0 Å². The monoisotopic (exact) mass is 663 g/mol. The quantitative estimate of drug-likeness (QED) is 0.427.